The second-order valence-corrected chi connectivity index (χ2v) is 5.76. The lowest BCUT2D eigenvalue weighted by Crippen LogP contribution is -2.37. The van der Waals surface area contributed by atoms with Crippen LogP contribution in [0.1, 0.15) is 37.9 Å². The van der Waals surface area contributed by atoms with Crippen LogP contribution in [0.4, 0.5) is 0 Å². The normalized spacial score (nSPS) is 13.0. The molecule has 0 bridgehead atoms. The van der Waals surface area contributed by atoms with E-state index < -0.39 is 6.10 Å². The molecule has 2 aromatic carbocycles. The standard InChI is InChI=1S/C20H25NO3/c1-5-23-18-12-10-17(11-13-18)15(3)21-20(22)16(4)24-19-9-7-6-8-14(19)2/h6-13,15-16H,5H2,1-4H3,(H,21,22)/t15-,16+/m1/s1. The lowest BCUT2D eigenvalue weighted by molar-refractivity contribution is -0.127. The van der Waals surface area contributed by atoms with Crippen molar-refractivity contribution in [3.63, 3.8) is 0 Å². The Morgan fingerprint density at radius 1 is 1.08 bits per heavy atom. The molecule has 0 aliphatic heterocycles. The third-order valence-electron chi connectivity index (χ3n) is 3.82. The van der Waals surface area contributed by atoms with Gasteiger partial charge in [-0.2, -0.15) is 0 Å². The number of rotatable bonds is 7. The Hall–Kier alpha value is -2.49. The van der Waals surface area contributed by atoms with E-state index in [1.165, 1.54) is 0 Å². The molecule has 1 N–H and O–H groups in total. The van der Waals surface area contributed by atoms with Gasteiger partial charge in [0.15, 0.2) is 6.10 Å². The second kappa shape index (κ2) is 8.39. The van der Waals surface area contributed by atoms with Crippen LogP contribution in [0.15, 0.2) is 48.5 Å². The Labute approximate surface area is 143 Å². The average Bonchev–Trinajstić information content (AvgIpc) is 2.57. The van der Waals surface area contributed by atoms with E-state index in [0.717, 1.165) is 22.6 Å². The van der Waals surface area contributed by atoms with E-state index in [2.05, 4.69) is 5.32 Å². The van der Waals surface area contributed by atoms with Gasteiger partial charge >= 0.3 is 0 Å². The fourth-order valence-electron chi connectivity index (χ4n) is 2.37. The van der Waals surface area contributed by atoms with Gasteiger partial charge in [0, 0.05) is 0 Å². The van der Waals surface area contributed by atoms with Gasteiger partial charge in [0.25, 0.3) is 5.91 Å². The van der Waals surface area contributed by atoms with E-state index in [4.69, 9.17) is 9.47 Å². The first-order valence-corrected chi connectivity index (χ1v) is 8.26. The molecule has 0 spiro atoms. The molecule has 0 radical (unpaired) electrons. The van der Waals surface area contributed by atoms with Crippen molar-refractivity contribution in [1.82, 2.24) is 5.32 Å². The molecule has 128 valence electrons. The molecular weight excluding hydrogens is 302 g/mol. The fraction of sp³-hybridized carbons (Fsp3) is 0.350. The van der Waals surface area contributed by atoms with Crippen molar-refractivity contribution in [1.29, 1.82) is 0 Å². The maximum atomic E-state index is 12.4. The van der Waals surface area contributed by atoms with E-state index in [1.54, 1.807) is 6.92 Å². The number of carbonyl (C=O) groups is 1. The zero-order chi connectivity index (χ0) is 17.5. The van der Waals surface area contributed by atoms with Crippen LogP contribution in [0.2, 0.25) is 0 Å². The number of para-hydroxylation sites is 1. The van der Waals surface area contributed by atoms with E-state index in [1.807, 2.05) is 69.3 Å². The highest BCUT2D eigenvalue weighted by Crippen LogP contribution is 2.20. The van der Waals surface area contributed by atoms with Gasteiger partial charge in [-0.05, 0) is 57.0 Å². The first-order valence-electron chi connectivity index (χ1n) is 8.26. The smallest absolute Gasteiger partial charge is 0.261 e. The Morgan fingerprint density at radius 2 is 1.75 bits per heavy atom. The van der Waals surface area contributed by atoms with Crippen LogP contribution in [0.5, 0.6) is 11.5 Å². The molecule has 2 aromatic rings. The first kappa shape index (κ1) is 17.9. The van der Waals surface area contributed by atoms with Crippen LogP contribution in [0, 0.1) is 6.92 Å². The highest BCUT2D eigenvalue weighted by molar-refractivity contribution is 5.81. The third-order valence-corrected chi connectivity index (χ3v) is 3.82. The van der Waals surface area contributed by atoms with E-state index in [0.29, 0.717) is 6.61 Å². The van der Waals surface area contributed by atoms with Crippen LogP contribution in [0.25, 0.3) is 0 Å². The van der Waals surface area contributed by atoms with Gasteiger partial charge in [-0.25, -0.2) is 0 Å². The summed E-state index contributed by atoms with van der Waals surface area (Å²) in [5.74, 6) is 1.42. The van der Waals surface area contributed by atoms with Crippen LogP contribution in [-0.2, 0) is 4.79 Å². The predicted octanol–water partition coefficient (Wildman–Crippen LogP) is 4.04. The minimum Gasteiger partial charge on any atom is -0.494 e. The Morgan fingerprint density at radius 3 is 2.38 bits per heavy atom. The largest absolute Gasteiger partial charge is 0.494 e. The molecule has 0 aromatic heterocycles. The molecule has 0 unspecified atom stereocenters. The third kappa shape index (κ3) is 4.75. The van der Waals surface area contributed by atoms with Gasteiger partial charge in [-0.15, -0.1) is 0 Å². The topological polar surface area (TPSA) is 47.6 Å². The predicted molar refractivity (Wildman–Crippen MR) is 95.4 cm³/mol. The van der Waals surface area contributed by atoms with Crippen LogP contribution < -0.4 is 14.8 Å². The Kier molecular flexibility index (Phi) is 6.24. The second-order valence-electron chi connectivity index (χ2n) is 5.76. The molecule has 0 saturated heterocycles. The van der Waals surface area contributed by atoms with Gasteiger partial charge in [-0.3, -0.25) is 4.79 Å². The molecule has 0 aliphatic carbocycles. The highest BCUT2D eigenvalue weighted by atomic mass is 16.5. The first-order chi connectivity index (χ1) is 11.5. The lowest BCUT2D eigenvalue weighted by Gasteiger charge is -2.20. The monoisotopic (exact) mass is 327 g/mol. The summed E-state index contributed by atoms with van der Waals surface area (Å²) in [5, 5.41) is 2.98. The maximum absolute atomic E-state index is 12.4. The van der Waals surface area contributed by atoms with Crippen molar-refractivity contribution < 1.29 is 14.3 Å². The molecule has 4 nitrogen and oxygen atoms in total. The molecule has 1 amide bonds. The van der Waals surface area contributed by atoms with Crippen molar-refractivity contribution >= 4 is 5.91 Å². The molecular formula is C20H25NO3. The van der Waals surface area contributed by atoms with Gasteiger partial charge in [-0.1, -0.05) is 30.3 Å². The Bertz CT molecular complexity index is 667. The molecule has 0 fully saturated rings. The molecule has 0 saturated carbocycles. The summed E-state index contributed by atoms with van der Waals surface area (Å²) < 4.78 is 11.2. The summed E-state index contributed by atoms with van der Waals surface area (Å²) >= 11 is 0. The van der Waals surface area contributed by atoms with Gasteiger partial charge in [0.05, 0.1) is 12.6 Å². The number of ether oxygens (including phenoxy) is 2. The number of aryl methyl sites for hydroxylation is 1. The molecule has 0 heterocycles. The fourth-order valence-corrected chi connectivity index (χ4v) is 2.37. The summed E-state index contributed by atoms with van der Waals surface area (Å²) in [4.78, 5) is 12.4. The van der Waals surface area contributed by atoms with Gasteiger partial charge in [0.2, 0.25) is 0 Å². The average molecular weight is 327 g/mol. The SMILES string of the molecule is CCOc1ccc([C@@H](C)NC(=O)[C@H](C)Oc2ccccc2C)cc1. The molecule has 0 aliphatic rings. The van der Waals surface area contributed by atoms with Crippen LogP contribution in [-0.4, -0.2) is 18.6 Å². The maximum Gasteiger partial charge on any atom is 0.261 e. The van der Waals surface area contributed by atoms with E-state index >= 15 is 0 Å². The minimum atomic E-state index is -0.559. The summed E-state index contributed by atoms with van der Waals surface area (Å²) in [6.07, 6.45) is -0.559. The number of benzene rings is 2. The number of hydrogen-bond donors (Lipinski definition) is 1. The van der Waals surface area contributed by atoms with Crippen molar-refractivity contribution in [3.05, 3.63) is 59.7 Å². The van der Waals surface area contributed by atoms with E-state index in [-0.39, 0.29) is 11.9 Å². The zero-order valence-electron chi connectivity index (χ0n) is 14.7. The number of carbonyl (C=O) groups excluding carboxylic acids is 1. The highest BCUT2D eigenvalue weighted by Gasteiger charge is 2.18. The summed E-state index contributed by atoms with van der Waals surface area (Å²) in [6, 6.07) is 15.3. The molecule has 24 heavy (non-hydrogen) atoms. The van der Waals surface area contributed by atoms with Crippen molar-refractivity contribution in [2.75, 3.05) is 6.61 Å². The van der Waals surface area contributed by atoms with Gasteiger partial charge in [0.1, 0.15) is 11.5 Å². The molecule has 4 heteroatoms. The summed E-state index contributed by atoms with van der Waals surface area (Å²) in [7, 11) is 0. The molecule has 2 rings (SSSR count). The van der Waals surface area contributed by atoms with Crippen LogP contribution in [0.3, 0.4) is 0 Å². The van der Waals surface area contributed by atoms with Crippen molar-refractivity contribution in [3.8, 4) is 11.5 Å². The summed E-state index contributed by atoms with van der Waals surface area (Å²) in [6.45, 7) is 8.26. The summed E-state index contributed by atoms with van der Waals surface area (Å²) in [5.41, 5.74) is 2.03. The van der Waals surface area contributed by atoms with Crippen molar-refractivity contribution in [2.45, 2.75) is 39.8 Å². The van der Waals surface area contributed by atoms with Crippen LogP contribution >= 0.6 is 0 Å². The lowest BCUT2D eigenvalue weighted by atomic mass is 10.1. The molecule has 2 atom stereocenters. The number of hydrogen-bond acceptors (Lipinski definition) is 3. The van der Waals surface area contributed by atoms with Gasteiger partial charge < -0.3 is 14.8 Å². The number of amides is 1. The number of nitrogens with one attached hydrogen (secondary N) is 1. The minimum absolute atomic E-state index is 0.101. The quantitative estimate of drug-likeness (QED) is 0.835. The van der Waals surface area contributed by atoms with Crippen molar-refractivity contribution in [2.24, 2.45) is 0 Å². The zero-order valence-corrected chi connectivity index (χ0v) is 14.7. The Balaban J connectivity index is 1.94. The van der Waals surface area contributed by atoms with E-state index in [9.17, 15) is 4.79 Å².